The highest BCUT2D eigenvalue weighted by Gasteiger charge is 2.33. The zero-order valence-corrected chi connectivity index (χ0v) is 16.5. The van der Waals surface area contributed by atoms with E-state index in [0.717, 1.165) is 55.8 Å². The van der Waals surface area contributed by atoms with Crippen LogP contribution in [0.3, 0.4) is 0 Å². The third-order valence-electron chi connectivity index (χ3n) is 5.63. The molecule has 7 heteroatoms. The van der Waals surface area contributed by atoms with E-state index in [1.807, 2.05) is 12.1 Å². The minimum Gasteiger partial charge on any atom is -0.309 e. The fourth-order valence-electron chi connectivity index (χ4n) is 4.27. The molecule has 0 aliphatic carbocycles. The number of nitrogens with zero attached hydrogens (tertiary/aromatic N) is 4. The normalized spacial score (nSPS) is 16.6. The van der Waals surface area contributed by atoms with Gasteiger partial charge in [0, 0.05) is 38.3 Å². The maximum absolute atomic E-state index is 13.3. The lowest BCUT2D eigenvalue weighted by Gasteiger charge is -2.33. The molecule has 1 aliphatic rings. The van der Waals surface area contributed by atoms with Gasteiger partial charge in [-0.15, -0.1) is 0 Å². The second-order valence-corrected chi connectivity index (χ2v) is 7.66. The van der Waals surface area contributed by atoms with Crippen molar-refractivity contribution >= 4 is 11.2 Å². The summed E-state index contributed by atoms with van der Waals surface area (Å²) in [5.74, 6) is 1.06. The number of aryl methyl sites for hydroxylation is 1. The Balaban J connectivity index is 1.50. The number of piperidine rings is 1. The Bertz CT molecular complexity index is 972. The van der Waals surface area contributed by atoms with Gasteiger partial charge in [-0.25, -0.2) is 9.97 Å². The van der Waals surface area contributed by atoms with Gasteiger partial charge >= 0.3 is 6.18 Å². The zero-order chi connectivity index (χ0) is 20.4. The van der Waals surface area contributed by atoms with E-state index in [1.165, 1.54) is 12.1 Å². The Morgan fingerprint density at radius 3 is 2.55 bits per heavy atom. The summed E-state index contributed by atoms with van der Waals surface area (Å²) in [6.07, 6.45) is 1.15. The van der Waals surface area contributed by atoms with E-state index in [9.17, 15) is 13.2 Å². The van der Waals surface area contributed by atoms with Gasteiger partial charge in [-0.05, 0) is 43.0 Å². The molecule has 0 saturated carbocycles. The van der Waals surface area contributed by atoms with Crippen LogP contribution in [-0.4, -0.2) is 32.5 Å². The van der Waals surface area contributed by atoms with Gasteiger partial charge in [0.15, 0.2) is 5.65 Å². The average molecular weight is 402 g/mol. The van der Waals surface area contributed by atoms with Crippen LogP contribution in [0.25, 0.3) is 11.2 Å². The van der Waals surface area contributed by atoms with Crippen LogP contribution in [0.5, 0.6) is 0 Å². The smallest absolute Gasteiger partial charge is 0.309 e. The first-order valence-electron chi connectivity index (χ1n) is 10.2. The molecule has 0 unspecified atom stereocenters. The number of rotatable bonds is 5. The number of aromatic nitrogens is 3. The number of benzene rings is 1. The number of fused-ring (bicyclic) bond motifs is 1. The van der Waals surface area contributed by atoms with Gasteiger partial charge in [0.05, 0.1) is 5.56 Å². The number of pyridine rings is 1. The molecule has 1 fully saturated rings. The Morgan fingerprint density at radius 1 is 1.07 bits per heavy atom. The summed E-state index contributed by atoms with van der Waals surface area (Å²) in [6.45, 7) is 3.98. The molecule has 0 amide bonds. The van der Waals surface area contributed by atoms with Crippen LogP contribution in [0.4, 0.5) is 13.2 Å². The summed E-state index contributed by atoms with van der Waals surface area (Å²) < 4.78 is 42.1. The Kier molecular flexibility index (Phi) is 5.58. The molecule has 0 bridgehead atoms. The quantitative estimate of drug-likeness (QED) is 0.585. The van der Waals surface area contributed by atoms with Gasteiger partial charge in [-0.1, -0.05) is 25.1 Å². The minimum atomic E-state index is -4.31. The fraction of sp³-hybridized carbons (Fsp3) is 0.455. The van der Waals surface area contributed by atoms with Crippen molar-refractivity contribution in [3.8, 4) is 0 Å². The first-order chi connectivity index (χ1) is 14.0. The molecule has 1 saturated heterocycles. The first kappa shape index (κ1) is 19.9. The minimum absolute atomic E-state index is 0.283. The molecule has 4 rings (SSSR count). The van der Waals surface area contributed by atoms with Crippen molar-refractivity contribution in [2.75, 3.05) is 13.1 Å². The van der Waals surface area contributed by atoms with Crippen LogP contribution in [0.15, 0.2) is 42.6 Å². The van der Waals surface area contributed by atoms with Gasteiger partial charge in [0.25, 0.3) is 0 Å². The highest BCUT2D eigenvalue weighted by atomic mass is 19.4. The maximum Gasteiger partial charge on any atom is 0.416 e. The van der Waals surface area contributed by atoms with E-state index in [0.29, 0.717) is 12.1 Å². The summed E-state index contributed by atoms with van der Waals surface area (Å²) in [7, 11) is 0. The number of alkyl halides is 3. The number of hydrogen-bond donors (Lipinski definition) is 0. The van der Waals surface area contributed by atoms with Crippen molar-refractivity contribution in [3.05, 3.63) is 59.5 Å². The predicted molar refractivity (Wildman–Crippen MR) is 107 cm³/mol. The number of halogens is 3. The summed E-state index contributed by atoms with van der Waals surface area (Å²) in [5, 5.41) is 0. The molecule has 0 radical (unpaired) electrons. The second kappa shape index (κ2) is 8.14. The lowest BCUT2D eigenvalue weighted by Crippen LogP contribution is -2.35. The molecule has 0 atom stereocenters. The van der Waals surface area contributed by atoms with Crippen molar-refractivity contribution in [3.63, 3.8) is 0 Å². The molecule has 3 aromatic rings. The first-order valence-corrected chi connectivity index (χ1v) is 10.2. The molecule has 0 N–H and O–H groups in total. The Hall–Kier alpha value is -2.41. The van der Waals surface area contributed by atoms with Gasteiger partial charge in [-0.3, -0.25) is 4.90 Å². The van der Waals surface area contributed by atoms with E-state index in [-0.39, 0.29) is 6.04 Å². The van der Waals surface area contributed by atoms with E-state index < -0.39 is 11.7 Å². The third kappa shape index (κ3) is 4.15. The highest BCUT2D eigenvalue weighted by Crippen LogP contribution is 2.34. The van der Waals surface area contributed by atoms with Crippen molar-refractivity contribution in [1.82, 2.24) is 19.4 Å². The molecule has 4 nitrogen and oxygen atoms in total. The fourth-order valence-corrected chi connectivity index (χ4v) is 4.27. The van der Waals surface area contributed by atoms with Gasteiger partial charge in [0.2, 0.25) is 0 Å². The summed E-state index contributed by atoms with van der Waals surface area (Å²) in [6, 6.07) is 10.1. The largest absolute Gasteiger partial charge is 0.416 e. The molecule has 3 heterocycles. The van der Waals surface area contributed by atoms with Crippen molar-refractivity contribution in [1.29, 1.82) is 0 Å². The second-order valence-electron chi connectivity index (χ2n) is 7.66. The molecule has 154 valence electrons. The Morgan fingerprint density at radius 2 is 1.83 bits per heavy atom. The lowest BCUT2D eigenvalue weighted by atomic mass is 10.0. The van der Waals surface area contributed by atoms with Crippen molar-refractivity contribution in [2.24, 2.45) is 0 Å². The van der Waals surface area contributed by atoms with Crippen LogP contribution in [-0.2, 0) is 19.1 Å². The molecule has 2 aromatic heterocycles. The van der Waals surface area contributed by atoms with Crippen molar-refractivity contribution in [2.45, 2.75) is 51.4 Å². The molecule has 0 spiro atoms. The number of hydrogen-bond acceptors (Lipinski definition) is 3. The van der Waals surface area contributed by atoms with Gasteiger partial charge in [-0.2, -0.15) is 13.2 Å². The van der Waals surface area contributed by atoms with E-state index in [1.54, 1.807) is 18.3 Å². The standard InChI is InChI=1S/C22H25F3N4/c1-2-6-20-27-19-9-5-12-26-21(19)29(20)17-10-13-28(14-11-17)15-16-7-3-4-8-18(16)22(23,24)25/h3-5,7-9,12,17H,2,6,10-11,13-15H2,1H3. The van der Waals surface area contributed by atoms with Crippen LogP contribution in [0.2, 0.25) is 0 Å². The third-order valence-corrected chi connectivity index (χ3v) is 5.63. The predicted octanol–water partition coefficient (Wildman–Crippen LogP) is 5.24. The van der Waals surface area contributed by atoms with Crippen molar-refractivity contribution < 1.29 is 13.2 Å². The molecule has 1 aromatic carbocycles. The lowest BCUT2D eigenvalue weighted by molar-refractivity contribution is -0.138. The highest BCUT2D eigenvalue weighted by molar-refractivity contribution is 5.71. The Labute approximate surface area is 168 Å². The summed E-state index contributed by atoms with van der Waals surface area (Å²) >= 11 is 0. The average Bonchev–Trinajstić information content (AvgIpc) is 3.06. The zero-order valence-electron chi connectivity index (χ0n) is 16.5. The van der Waals surface area contributed by atoms with Crippen LogP contribution < -0.4 is 0 Å². The van der Waals surface area contributed by atoms with Crippen LogP contribution in [0, 0.1) is 0 Å². The molecule has 1 aliphatic heterocycles. The van der Waals surface area contributed by atoms with Gasteiger partial charge < -0.3 is 4.57 Å². The number of likely N-dealkylation sites (tertiary alicyclic amines) is 1. The molecular weight excluding hydrogens is 377 g/mol. The van der Waals surface area contributed by atoms with E-state index >= 15 is 0 Å². The molecular formula is C22H25F3N4. The van der Waals surface area contributed by atoms with Crippen LogP contribution >= 0.6 is 0 Å². The van der Waals surface area contributed by atoms with E-state index in [2.05, 4.69) is 21.4 Å². The van der Waals surface area contributed by atoms with E-state index in [4.69, 9.17) is 4.98 Å². The van der Waals surface area contributed by atoms with Gasteiger partial charge in [0.1, 0.15) is 11.3 Å². The summed E-state index contributed by atoms with van der Waals surface area (Å²) in [5.41, 5.74) is 1.64. The van der Waals surface area contributed by atoms with Crippen LogP contribution in [0.1, 0.15) is 49.2 Å². The number of imidazole rings is 1. The maximum atomic E-state index is 13.3. The topological polar surface area (TPSA) is 34.0 Å². The monoisotopic (exact) mass is 402 g/mol. The summed E-state index contributed by atoms with van der Waals surface area (Å²) in [4.78, 5) is 11.4. The molecule has 29 heavy (non-hydrogen) atoms. The SMILES string of the molecule is CCCc1nc2cccnc2n1C1CCN(Cc2ccccc2C(F)(F)F)CC1.